The van der Waals surface area contributed by atoms with E-state index < -0.39 is 5.91 Å². The fourth-order valence-electron chi connectivity index (χ4n) is 3.57. The second-order valence-corrected chi connectivity index (χ2v) is 9.38. The Morgan fingerprint density at radius 3 is 2.90 bits per heavy atom. The maximum absolute atomic E-state index is 12.6. The minimum Gasteiger partial charge on any atom is -0.364 e. The Hall–Kier alpha value is -2.66. The van der Waals surface area contributed by atoms with Crippen LogP contribution in [0.5, 0.6) is 0 Å². The molecule has 3 aromatic heterocycles. The van der Waals surface area contributed by atoms with Gasteiger partial charge in [-0.05, 0) is 38.2 Å². The number of hydrogen-bond acceptors (Lipinski definition) is 7. The quantitative estimate of drug-likeness (QED) is 0.409. The first-order valence-corrected chi connectivity index (χ1v) is 11.7. The van der Waals surface area contributed by atoms with Gasteiger partial charge in [0.15, 0.2) is 5.69 Å². The highest BCUT2D eigenvalue weighted by Gasteiger charge is 2.20. The SMILES string of the molecule is Cc1[nH]nc(C(N)=O)c1NC(=O)CCSCc1nc2sc3c(c2c(=O)[nH]1)CCCC3. The van der Waals surface area contributed by atoms with Crippen molar-refractivity contribution in [2.24, 2.45) is 5.73 Å². The van der Waals surface area contributed by atoms with E-state index in [1.165, 1.54) is 28.6 Å². The van der Waals surface area contributed by atoms with Crippen molar-refractivity contribution in [2.45, 2.75) is 44.8 Å². The molecule has 0 aliphatic heterocycles. The van der Waals surface area contributed by atoms with Gasteiger partial charge in [0.1, 0.15) is 10.7 Å². The Morgan fingerprint density at radius 2 is 2.10 bits per heavy atom. The summed E-state index contributed by atoms with van der Waals surface area (Å²) in [5.41, 5.74) is 7.27. The van der Waals surface area contributed by atoms with E-state index in [4.69, 9.17) is 5.73 Å². The van der Waals surface area contributed by atoms with Gasteiger partial charge in [0.25, 0.3) is 11.5 Å². The van der Waals surface area contributed by atoms with Crippen LogP contribution < -0.4 is 16.6 Å². The summed E-state index contributed by atoms with van der Waals surface area (Å²) in [6, 6.07) is 0. The number of rotatable bonds is 7. The van der Waals surface area contributed by atoms with Crippen LogP contribution in [0, 0.1) is 6.92 Å². The van der Waals surface area contributed by atoms with Crippen molar-refractivity contribution in [1.29, 1.82) is 0 Å². The number of anilines is 1. The molecule has 30 heavy (non-hydrogen) atoms. The molecule has 0 saturated heterocycles. The number of H-pyrrole nitrogens is 2. The lowest BCUT2D eigenvalue weighted by Gasteiger charge is -2.09. The number of aromatic amines is 2. The zero-order chi connectivity index (χ0) is 21.3. The van der Waals surface area contributed by atoms with Crippen LogP contribution >= 0.6 is 23.1 Å². The molecule has 0 radical (unpaired) electrons. The molecule has 11 heteroatoms. The van der Waals surface area contributed by atoms with Gasteiger partial charge in [0.05, 0.1) is 22.5 Å². The highest BCUT2D eigenvalue weighted by atomic mass is 32.2. The summed E-state index contributed by atoms with van der Waals surface area (Å²) in [6.07, 6.45) is 4.52. The van der Waals surface area contributed by atoms with E-state index >= 15 is 0 Å². The number of aromatic nitrogens is 4. The number of carbonyl (C=O) groups excluding carboxylic acids is 2. The number of nitrogens with two attached hydrogens (primary N) is 1. The molecule has 0 unspecified atom stereocenters. The molecule has 1 aliphatic carbocycles. The van der Waals surface area contributed by atoms with Crippen molar-refractivity contribution in [3.8, 4) is 0 Å². The smallest absolute Gasteiger partial charge is 0.271 e. The summed E-state index contributed by atoms with van der Waals surface area (Å²) in [4.78, 5) is 45.8. The molecule has 3 aromatic rings. The molecule has 158 valence electrons. The van der Waals surface area contributed by atoms with Crippen molar-refractivity contribution in [2.75, 3.05) is 11.1 Å². The average molecular weight is 447 g/mol. The monoisotopic (exact) mass is 446 g/mol. The number of amides is 2. The number of nitrogens with one attached hydrogen (secondary N) is 3. The third-order valence-electron chi connectivity index (χ3n) is 5.03. The molecule has 2 amide bonds. The van der Waals surface area contributed by atoms with Crippen LogP contribution in [-0.4, -0.2) is 37.7 Å². The molecule has 0 fully saturated rings. The maximum atomic E-state index is 12.6. The third-order valence-corrected chi connectivity index (χ3v) is 7.19. The van der Waals surface area contributed by atoms with E-state index in [1.54, 1.807) is 18.3 Å². The van der Waals surface area contributed by atoms with Gasteiger partial charge in [-0.1, -0.05) is 0 Å². The van der Waals surface area contributed by atoms with Crippen molar-refractivity contribution < 1.29 is 9.59 Å². The number of thioether (sulfide) groups is 1. The lowest BCUT2D eigenvalue weighted by molar-refractivity contribution is -0.115. The number of hydrogen-bond donors (Lipinski definition) is 4. The Morgan fingerprint density at radius 1 is 1.30 bits per heavy atom. The summed E-state index contributed by atoms with van der Waals surface area (Å²) in [7, 11) is 0. The third kappa shape index (κ3) is 4.12. The normalized spacial score (nSPS) is 13.4. The van der Waals surface area contributed by atoms with E-state index in [9.17, 15) is 14.4 Å². The first kappa shape index (κ1) is 20.6. The lowest BCUT2D eigenvalue weighted by Crippen LogP contribution is -2.18. The molecule has 3 heterocycles. The van der Waals surface area contributed by atoms with Crippen LogP contribution in [0.4, 0.5) is 5.69 Å². The molecular formula is C19H22N6O3S2. The van der Waals surface area contributed by atoms with Gasteiger partial charge in [-0.15, -0.1) is 11.3 Å². The minimum absolute atomic E-state index is 0.0159. The molecular weight excluding hydrogens is 424 g/mol. The molecule has 1 aliphatic rings. The van der Waals surface area contributed by atoms with E-state index in [0.29, 0.717) is 28.7 Å². The summed E-state index contributed by atoms with van der Waals surface area (Å²) in [5.74, 6) is 0.732. The molecule has 0 aromatic carbocycles. The van der Waals surface area contributed by atoms with Crippen molar-refractivity contribution in [3.05, 3.63) is 38.0 Å². The Balaban J connectivity index is 1.34. The largest absolute Gasteiger partial charge is 0.364 e. The van der Waals surface area contributed by atoms with Crippen LogP contribution in [0.3, 0.4) is 0 Å². The van der Waals surface area contributed by atoms with Gasteiger partial charge in [0.2, 0.25) is 5.91 Å². The minimum atomic E-state index is -0.704. The van der Waals surface area contributed by atoms with Crippen LogP contribution in [0.25, 0.3) is 10.2 Å². The molecule has 9 nitrogen and oxygen atoms in total. The summed E-state index contributed by atoms with van der Waals surface area (Å²) < 4.78 is 0. The Labute approximate surface area is 180 Å². The molecule has 0 bridgehead atoms. The number of primary amides is 1. The first-order chi connectivity index (χ1) is 14.4. The number of nitrogens with zero attached hydrogens (tertiary/aromatic N) is 2. The average Bonchev–Trinajstić information content (AvgIpc) is 3.26. The maximum Gasteiger partial charge on any atom is 0.271 e. The van der Waals surface area contributed by atoms with Gasteiger partial charge in [-0.3, -0.25) is 19.5 Å². The van der Waals surface area contributed by atoms with Gasteiger partial charge >= 0.3 is 0 Å². The summed E-state index contributed by atoms with van der Waals surface area (Å²) in [6.45, 7) is 1.70. The predicted octanol–water partition coefficient (Wildman–Crippen LogP) is 2.26. The number of thiophene rings is 1. The molecule has 4 rings (SSSR count). The molecule has 0 spiro atoms. The van der Waals surface area contributed by atoms with Crippen LogP contribution in [0.1, 0.15) is 51.7 Å². The van der Waals surface area contributed by atoms with Gasteiger partial charge in [-0.2, -0.15) is 16.9 Å². The van der Waals surface area contributed by atoms with Gasteiger partial charge in [0, 0.05) is 17.1 Å². The Bertz CT molecular complexity index is 1180. The van der Waals surface area contributed by atoms with Crippen LogP contribution in [0.15, 0.2) is 4.79 Å². The lowest BCUT2D eigenvalue weighted by atomic mass is 9.97. The summed E-state index contributed by atoms with van der Waals surface area (Å²) >= 11 is 3.14. The zero-order valence-corrected chi connectivity index (χ0v) is 18.1. The fraction of sp³-hybridized carbons (Fsp3) is 0.421. The fourth-order valence-corrected chi connectivity index (χ4v) is 5.66. The summed E-state index contributed by atoms with van der Waals surface area (Å²) in [5, 5.41) is 9.87. The first-order valence-electron chi connectivity index (χ1n) is 9.70. The van der Waals surface area contributed by atoms with E-state index in [2.05, 4.69) is 25.5 Å². The topological polar surface area (TPSA) is 147 Å². The second-order valence-electron chi connectivity index (χ2n) is 7.19. The Kier molecular flexibility index (Phi) is 5.91. The van der Waals surface area contributed by atoms with E-state index in [1.807, 2.05) is 0 Å². The predicted molar refractivity (Wildman–Crippen MR) is 118 cm³/mol. The van der Waals surface area contributed by atoms with Gasteiger partial charge < -0.3 is 16.0 Å². The number of fused-ring (bicyclic) bond motifs is 3. The van der Waals surface area contributed by atoms with Gasteiger partial charge in [-0.25, -0.2) is 4.98 Å². The van der Waals surface area contributed by atoms with E-state index in [-0.39, 0.29) is 23.6 Å². The molecule has 0 atom stereocenters. The second kappa shape index (κ2) is 8.60. The van der Waals surface area contributed by atoms with Crippen LogP contribution in [-0.2, 0) is 23.4 Å². The molecule has 5 N–H and O–H groups in total. The number of carbonyl (C=O) groups is 2. The van der Waals surface area contributed by atoms with Crippen molar-refractivity contribution >= 4 is 50.8 Å². The standard InChI is InChI=1S/C19H22N6O3S2/c1-9-15(16(17(20)27)25-24-9)23-13(26)6-7-29-8-12-21-18(28)14-10-4-2-3-5-11(10)30-19(14)22-12/h2-8H2,1H3,(H2,20,27)(H,23,26)(H,24,25)(H,21,22,28). The van der Waals surface area contributed by atoms with Crippen LogP contribution in [0.2, 0.25) is 0 Å². The van der Waals surface area contributed by atoms with Crippen molar-refractivity contribution in [1.82, 2.24) is 20.2 Å². The van der Waals surface area contributed by atoms with E-state index in [0.717, 1.165) is 29.5 Å². The zero-order valence-electron chi connectivity index (χ0n) is 16.5. The highest BCUT2D eigenvalue weighted by Crippen LogP contribution is 2.33. The number of aryl methyl sites for hydroxylation is 3. The molecule has 0 saturated carbocycles. The highest BCUT2D eigenvalue weighted by molar-refractivity contribution is 7.98. The van der Waals surface area contributed by atoms with Crippen molar-refractivity contribution in [3.63, 3.8) is 0 Å².